The number of likely N-dealkylation sites (N-methyl/N-ethyl adjacent to an activating group) is 1. The van der Waals surface area contributed by atoms with E-state index in [1.54, 1.807) is 43.4 Å². The summed E-state index contributed by atoms with van der Waals surface area (Å²) in [5, 5.41) is 15.8. The van der Waals surface area contributed by atoms with Crippen molar-refractivity contribution in [3.05, 3.63) is 69.0 Å². The van der Waals surface area contributed by atoms with Gasteiger partial charge in [0.15, 0.2) is 0 Å². The summed E-state index contributed by atoms with van der Waals surface area (Å²) in [6.45, 7) is 4.86. The van der Waals surface area contributed by atoms with Gasteiger partial charge in [0, 0.05) is 49.5 Å². The van der Waals surface area contributed by atoms with Crippen LogP contribution in [0.4, 0.5) is 5.82 Å². The summed E-state index contributed by atoms with van der Waals surface area (Å²) < 4.78 is 1.13. The Kier molecular flexibility index (Phi) is 8.67. The van der Waals surface area contributed by atoms with Gasteiger partial charge in [-0.1, -0.05) is 37.6 Å². The molecule has 2 aromatic heterocycles. The number of anilines is 1. The van der Waals surface area contributed by atoms with E-state index in [-0.39, 0.29) is 49.2 Å². The molecule has 0 bridgehead atoms. The van der Waals surface area contributed by atoms with Gasteiger partial charge in [0.2, 0.25) is 11.8 Å². The predicted molar refractivity (Wildman–Crippen MR) is 141 cm³/mol. The summed E-state index contributed by atoms with van der Waals surface area (Å²) >= 11 is 5.91. The summed E-state index contributed by atoms with van der Waals surface area (Å²) in [5.41, 5.74) is -0.451. The van der Waals surface area contributed by atoms with Gasteiger partial charge in [0.05, 0.1) is 0 Å². The van der Waals surface area contributed by atoms with Crippen LogP contribution in [0.1, 0.15) is 36.7 Å². The molecule has 37 heavy (non-hydrogen) atoms. The molecule has 0 fully saturated rings. The molecule has 0 saturated heterocycles. The van der Waals surface area contributed by atoms with Gasteiger partial charge in [-0.15, -0.1) is 0 Å². The van der Waals surface area contributed by atoms with Crippen LogP contribution in [0.5, 0.6) is 0 Å². The minimum atomic E-state index is -0.697. The quantitative estimate of drug-likeness (QED) is 0.391. The van der Waals surface area contributed by atoms with Gasteiger partial charge < -0.3 is 20.6 Å². The first kappa shape index (κ1) is 27.8. The fourth-order valence-electron chi connectivity index (χ4n) is 3.72. The van der Waals surface area contributed by atoms with Crippen LogP contribution < -0.4 is 16.2 Å². The van der Waals surface area contributed by atoms with Crippen molar-refractivity contribution < 1.29 is 19.5 Å². The Morgan fingerprint density at radius 1 is 1.14 bits per heavy atom. The van der Waals surface area contributed by atoms with E-state index >= 15 is 0 Å². The Balaban J connectivity index is 1.99. The first-order chi connectivity index (χ1) is 17.4. The van der Waals surface area contributed by atoms with Gasteiger partial charge >= 0.3 is 0 Å². The standard InChI is InChI=1S/C26H30ClN5O5/c1-16(34)29-21-10-7-18-11-20(24(36)28-12-17-5-8-19(27)9-6-17)25(37)32(23(18)30-21)13-22(35)31(4)14-26(2,3)15-33/h5-11,33H,12-15H2,1-4H3,(H,28,36)(H,29,30,34). The molecule has 0 unspecified atom stereocenters. The number of hydrogen-bond acceptors (Lipinski definition) is 6. The topological polar surface area (TPSA) is 134 Å². The molecule has 0 aliphatic carbocycles. The lowest BCUT2D eigenvalue weighted by Crippen LogP contribution is -2.41. The van der Waals surface area contributed by atoms with Crippen molar-refractivity contribution in [2.24, 2.45) is 5.41 Å². The van der Waals surface area contributed by atoms with E-state index < -0.39 is 22.8 Å². The van der Waals surface area contributed by atoms with Crippen molar-refractivity contribution >= 4 is 46.2 Å². The number of nitrogens with zero attached hydrogens (tertiary/aromatic N) is 3. The number of hydrogen-bond donors (Lipinski definition) is 3. The zero-order chi connectivity index (χ0) is 27.3. The number of nitrogens with one attached hydrogen (secondary N) is 2. The molecule has 1 aromatic carbocycles. The highest BCUT2D eigenvalue weighted by Gasteiger charge is 2.24. The van der Waals surface area contributed by atoms with E-state index in [1.165, 1.54) is 17.9 Å². The molecule has 10 nitrogen and oxygen atoms in total. The molecule has 3 N–H and O–H groups in total. The number of halogens is 1. The minimum absolute atomic E-state index is 0.127. The fraction of sp³-hybridized carbons (Fsp3) is 0.346. The highest BCUT2D eigenvalue weighted by molar-refractivity contribution is 6.30. The lowest BCUT2D eigenvalue weighted by Gasteiger charge is -2.28. The maximum atomic E-state index is 13.5. The molecule has 196 valence electrons. The summed E-state index contributed by atoms with van der Waals surface area (Å²) in [6, 6.07) is 11.5. The maximum absolute atomic E-state index is 13.5. The molecular formula is C26H30ClN5O5. The molecule has 0 radical (unpaired) electrons. The molecule has 0 saturated carbocycles. The van der Waals surface area contributed by atoms with E-state index in [1.807, 2.05) is 13.8 Å². The van der Waals surface area contributed by atoms with Crippen molar-refractivity contribution in [1.82, 2.24) is 19.8 Å². The average Bonchev–Trinajstić information content (AvgIpc) is 2.84. The van der Waals surface area contributed by atoms with Crippen LogP contribution in [0, 0.1) is 5.41 Å². The first-order valence-electron chi connectivity index (χ1n) is 11.6. The van der Waals surface area contributed by atoms with E-state index in [0.29, 0.717) is 10.4 Å². The Labute approximate surface area is 219 Å². The van der Waals surface area contributed by atoms with Gasteiger partial charge in [0.25, 0.3) is 11.5 Å². The van der Waals surface area contributed by atoms with Gasteiger partial charge in [-0.2, -0.15) is 0 Å². The molecule has 0 spiro atoms. The largest absolute Gasteiger partial charge is 0.396 e. The number of aliphatic hydroxyl groups is 1. The minimum Gasteiger partial charge on any atom is -0.396 e. The van der Waals surface area contributed by atoms with Crippen LogP contribution in [0.25, 0.3) is 11.0 Å². The highest BCUT2D eigenvalue weighted by atomic mass is 35.5. The zero-order valence-corrected chi connectivity index (χ0v) is 21.9. The first-order valence-corrected chi connectivity index (χ1v) is 12.0. The highest BCUT2D eigenvalue weighted by Crippen LogP contribution is 2.18. The van der Waals surface area contributed by atoms with Crippen molar-refractivity contribution in [3.63, 3.8) is 0 Å². The Hall–Kier alpha value is -3.76. The third-order valence-corrected chi connectivity index (χ3v) is 5.92. The van der Waals surface area contributed by atoms with Gasteiger partial charge in [-0.3, -0.25) is 23.7 Å². The molecular weight excluding hydrogens is 498 g/mol. The summed E-state index contributed by atoms with van der Waals surface area (Å²) in [7, 11) is 1.58. The van der Waals surface area contributed by atoms with E-state index in [4.69, 9.17) is 11.6 Å². The molecule has 0 aliphatic rings. The van der Waals surface area contributed by atoms with Crippen molar-refractivity contribution in [2.75, 3.05) is 25.5 Å². The Bertz CT molecular complexity index is 1380. The second kappa shape index (κ2) is 11.5. The molecule has 3 aromatic rings. The lowest BCUT2D eigenvalue weighted by atomic mass is 9.94. The van der Waals surface area contributed by atoms with Gasteiger partial charge in [-0.25, -0.2) is 4.98 Å². The molecule has 2 heterocycles. The second-order valence-electron chi connectivity index (χ2n) is 9.62. The predicted octanol–water partition coefficient (Wildman–Crippen LogP) is 2.42. The second-order valence-corrected chi connectivity index (χ2v) is 10.1. The van der Waals surface area contributed by atoms with Crippen LogP contribution >= 0.6 is 11.6 Å². The van der Waals surface area contributed by atoms with Crippen molar-refractivity contribution in [2.45, 2.75) is 33.9 Å². The van der Waals surface area contributed by atoms with E-state index in [0.717, 1.165) is 10.1 Å². The number of fused-ring (bicyclic) bond motifs is 1. The summed E-state index contributed by atoms with van der Waals surface area (Å²) in [4.78, 5) is 56.8. The number of carbonyl (C=O) groups is 3. The van der Waals surface area contributed by atoms with Crippen molar-refractivity contribution in [3.8, 4) is 0 Å². The smallest absolute Gasteiger partial charge is 0.265 e. The number of carbonyl (C=O) groups excluding carboxylic acids is 3. The number of amides is 3. The maximum Gasteiger partial charge on any atom is 0.265 e. The van der Waals surface area contributed by atoms with Crippen LogP contribution in [-0.4, -0.2) is 57.5 Å². The van der Waals surface area contributed by atoms with E-state index in [9.17, 15) is 24.3 Å². The number of benzene rings is 1. The lowest BCUT2D eigenvalue weighted by molar-refractivity contribution is -0.132. The van der Waals surface area contributed by atoms with Crippen molar-refractivity contribution in [1.29, 1.82) is 0 Å². The Morgan fingerprint density at radius 2 is 1.81 bits per heavy atom. The molecule has 0 atom stereocenters. The average molecular weight is 528 g/mol. The van der Waals surface area contributed by atoms with Crippen LogP contribution in [-0.2, 0) is 22.7 Å². The molecule has 11 heteroatoms. The summed E-state index contributed by atoms with van der Waals surface area (Å²) in [6.07, 6.45) is 0. The third-order valence-electron chi connectivity index (χ3n) is 5.66. The number of pyridine rings is 2. The van der Waals surface area contributed by atoms with Crippen LogP contribution in [0.2, 0.25) is 5.02 Å². The van der Waals surface area contributed by atoms with Crippen LogP contribution in [0.15, 0.2) is 47.3 Å². The number of rotatable bonds is 9. The van der Waals surface area contributed by atoms with E-state index in [2.05, 4.69) is 15.6 Å². The van der Waals surface area contributed by atoms with Gasteiger partial charge in [0.1, 0.15) is 23.6 Å². The summed E-state index contributed by atoms with van der Waals surface area (Å²) in [5.74, 6) is -1.16. The Morgan fingerprint density at radius 3 is 2.43 bits per heavy atom. The zero-order valence-electron chi connectivity index (χ0n) is 21.2. The number of aromatic nitrogens is 2. The number of aliphatic hydroxyl groups excluding tert-OH is 1. The molecule has 0 aliphatic heterocycles. The monoisotopic (exact) mass is 527 g/mol. The fourth-order valence-corrected chi connectivity index (χ4v) is 3.85. The molecule has 3 rings (SSSR count). The SMILES string of the molecule is CC(=O)Nc1ccc2cc(C(=O)NCc3ccc(Cl)cc3)c(=O)n(CC(=O)N(C)CC(C)(C)CO)c2n1. The molecule has 3 amide bonds. The van der Waals surface area contributed by atoms with Crippen LogP contribution in [0.3, 0.4) is 0 Å². The normalized spacial score (nSPS) is 11.3. The van der Waals surface area contributed by atoms with Gasteiger partial charge in [-0.05, 0) is 35.9 Å². The third kappa shape index (κ3) is 7.14.